The van der Waals surface area contributed by atoms with Gasteiger partial charge in [0.25, 0.3) is 0 Å². The molecule has 0 aromatic rings. The number of carbonyl (C=O) groups excluding carboxylic acids is 1. The van der Waals surface area contributed by atoms with Crippen LogP contribution in [0.4, 0.5) is 0 Å². The van der Waals surface area contributed by atoms with Crippen LogP contribution in [-0.2, 0) is 4.79 Å². The van der Waals surface area contributed by atoms with E-state index in [0.29, 0.717) is 18.3 Å². The Morgan fingerprint density at radius 2 is 2.12 bits per heavy atom. The fraction of sp³-hybridized carbons (Fsp3) is 0.857. The average molecular weight is 236 g/mol. The molecule has 1 aliphatic carbocycles. The molecule has 1 unspecified atom stereocenters. The second kappa shape index (κ2) is 6.05. The van der Waals surface area contributed by atoms with Crippen molar-refractivity contribution in [2.24, 2.45) is 11.8 Å². The molecule has 1 atom stereocenters. The minimum absolute atomic E-state index is 0.0375. The van der Waals surface area contributed by atoms with Crippen LogP contribution < -0.4 is 5.32 Å². The number of nitrogens with one attached hydrogen (secondary N) is 1. The number of rotatable bonds is 4. The van der Waals surface area contributed by atoms with E-state index in [-0.39, 0.29) is 5.91 Å². The lowest BCUT2D eigenvalue weighted by atomic mass is 9.78. The molecule has 0 heterocycles. The quantitative estimate of drug-likeness (QED) is 0.815. The first-order chi connectivity index (χ1) is 8.01. The molecule has 1 N–H and O–H groups in total. The lowest BCUT2D eigenvalue weighted by molar-refractivity contribution is -0.123. The van der Waals surface area contributed by atoms with E-state index in [1.54, 1.807) is 0 Å². The highest BCUT2D eigenvalue weighted by Gasteiger charge is 2.35. The molecule has 96 valence electrons. The van der Waals surface area contributed by atoms with Crippen molar-refractivity contribution in [1.29, 1.82) is 5.26 Å². The zero-order chi connectivity index (χ0) is 12.9. The van der Waals surface area contributed by atoms with Crippen LogP contribution in [-0.4, -0.2) is 11.4 Å². The summed E-state index contributed by atoms with van der Waals surface area (Å²) in [6.07, 6.45) is 5.22. The molecule has 0 bridgehead atoms. The van der Waals surface area contributed by atoms with Crippen molar-refractivity contribution in [3.8, 4) is 6.07 Å². The summed E-state index contributed by atoms with van der Waals surface area (Å²) in [5, 5.41) is 12.3. The number of nitriles is 1. The highest BCUT2D eigenvalue weighted by molar-refractivity contribution is 5.77. The van der Waals surface area contributed by atoms with Crippen LogP contribution >= 0.6 is 0 Å². The molecule has 3 nitrogen and oxygen atoms in total. The van der Waals surface area contributed by atoms with Crippen molar-refractivity contribution in [3.63, 3.8) is 0 Å². The molecule has 0 radical (unpaired) electrons. The average Bonchev–Trinajstić information content (AvgIpc) is 2.32. The van der Waals surface area contributed by atoms with E-state index in [0.717, 1.165) is 32.1 Å². The van der Waals surface area contributed by atoms with Crippen LogP contribution in [0.3, 0.4) is 0 Å². The molecular formula is C14H24N2O. The fourth-order valence-corrected chi connectivity index (χ4v) is 2.30. The molecule has 1 aliphatic rings. The Morgan fingerprint density at radius 1 is 1.53 bits per heavy atom. The zero-order valence-corrected chi connectivity index (χ0v) is 11.3. The second-order valence-electron chi connectivity index (χ2n) is 5.64. The van der Waals surface area contributed by atoms with Crippen LogP contribution in [0.5, 0.6) is 0 Å². The second-order valence-corrected chi connectivity index (χ2v) is 5.64. The summed E-state index contributed by atoms with van der Waals surface area (Å²) in [6.45, 7) is 6.37. The molecule has 0 saturated heterocycles. The molecule has 0 aromatic heterocycles. The van der Waals surface area contributed by atoms with Crippen molar-refractivity contribution in [2.75, 3.05) is 0 Å². The van der Waals surface area contributed by atoms with Gasteiger partial charge in [-0.25, -0.2) is 0 Å². The van der Waals surface area contributed by atoms with Crippen molar-refractivity contribution >= 4 is 5.91 Å². The largest absolute Gasteiger partial charge is 0.338 e. The van der Waals surface area contributed by atoms with E-state index in [4.69, 9.17) is 0 Å². The molecule has 0 aliphatic heterocycles. The smallest absolute Gasteiger partial charge is 0.221 e. The van der Waals surface area contributed by atoms with Crippen LogP contribution in [0.2, 0.25) is 0 Å². The van der Waals surface area contributed by atoms with Crippen LogP contribution in [0.25, 0.3) is 0 Å². The first-order valence-corrected chi connectivity index (χ1v) is 6.73. The maximum absolute atomic E-state index is 11.9. The van der Waals surface area contributed by atoms with Gasteiger partial charge in [0.1, 0.15) is 5.54 Å². The van der Waals surface area contributed by atoms with Gasteiger partial charge in [0.2, 0.25) is 5.91 Å². The summed E-state index contributed by atoms with van der Waals surface area (Å²) in [6, 6.07) is 2.33. The van der Waals surface area contributed by atoms with Crippen molar-refractivity contribution in [2.45, 2.75) is 64.8 Å². The van der Waals surface area contributed by atoms with Crippen LogP contribution in [0.15, 0.2) is 0 Å². The zero-order valence-electron chi connectivity index (χ0n) is 11.3. The first kappa shape index (κ1) is 14.0. The molecule has 3 heteroatoms. The summed E-state index contributed by atoms with van der Waals surface area (Å²) >= 11 is 0. The summed E-state index contributed by atoms with van der Waals surface area (Å²) < 4.78 is 0. The number of hydrogen-bond acceptors (Lipinski definition) is 2. The SMILES string of the molecule is CCC(C)CC(=O)NC1(C#N)CCC(C)CC1. The Morgan fingerprint density at radius 3 is 2.59 bits per heavy atom. The number of carbonyl (C=O) groups is 1. The third-order valence-corrected chi connectivity index (χ3v) is 3.95. The van der Waals surface area contributed by atoms with Gasteiger partial charge in [0.05, 0.1) is 6.07 Å². The minimum Gasteiger partial charge on any atom is -0.338 e. The third-order valence-electron chi connectivity index (χ3n) is 3.95. The highest BCUT2D eigenvalue weighted by Crippen LogP contribution is 2.31. The van der Waals surface area contributed by atoms with E-state index in [1.165, 1.54) is 0 Å². The standard InChI is InChI=1S/C14H24N2O/c1-4-11(2)9-13(17)16-14(10-15)7-5-12(3)6-8-14/h11-12H,4-9H2,1-3H3,(H,16,17). The van der Waals surface area contributed by atoms with Gasteiger partial charge in [-0.3, -0.25) is 4.79 Å². The Hall–Kier alpha value is -1.04. The Balaban J connectivity index is 2.52. The molecule has 1 amide bonds. The monoisotopic (exact) mass is 236 g/mol. The van der Waals surface area contributed by atoms with Gasteiger partial charge in [-0.05, 0) is 37.5 Å². The maximum Gasteiger partial charge on any atom is 0.221 e. The summed E-state index contributed by atoms with van der Waals surface area (Å²) in [5.41, 5.74) is -0.586. The Bertz CT molecular complexity index is 298. The summed E-state index contributed by atoms with van der Waals surface area (Å²) in [4.78, 5) is 11.9. The van der Waals surface area contributed by atoms with Gasteiger partial charge in [0, 0.05) is 6.42 Å². The van der Waals surface area contributed by atoms with E-state index < -0.39 is 5.54 Å². The van der Waals surface area contributed by atoms with E-state index in [1.807, 2.05) is 0 Å². The third kappa shape index (κ3) is 4.03. The van der Waals surface area contributed by atoms with Gasteiger partial charge in [0.15, 0.2) is 0 Å². The van der Waals surface area contributed by atoms with Crippen LogP contribution in [0, 0.1) is 23.2 Å². The van der Waals surface area contributed by atoms with E-state index in [9.17, 15) is 10.1 Å². The molecular weight excluding hydrogens is 212 g/mol. The van der Waals surface area contributed by atoms with Crippen molar-refractivity contribution in [1.82, 2.24) is 5.32 Å². The molecule has 1 rings (SSSR count). The molecule has 1 saturated carbocycles. The molecule has 0 aromatic carbocycles. The Kier molecular flexibility index (Phi) is 4.99. The molecule has 17 heavy (non-hydrogen) atoms. The van der Waals surface area contributed by atoms with E-state index >= 15 is 0 Å². The number of amides is 1. The van der Waals surface area contributed by atoms with Gasteiger partial charge >= 0.3 is 0 Å². The normalized spacial score (nSPS) is 30.4. The molecule has 1 fully saturated rings. The van der Waals surface area contributed by atoms with Crippen molar-refractivity contribution < 1.29 is 4.79 Å². The van der Waals surface area contributed by atoms with Gasteiger partial charge in [-0.2, -0.15) is 5.26 Å². The summed E-state index contributed by atoms with van der Waals surface area (Å²) in [5.74, 6) is 1.12. The lowest BCUT2D eigenvalue weighted by Gasteiger charge is -2.34. The maximum atomic E-state index is 11.9. The number of hydrogen-bond donors (Lipinski definition) is 1. The molecule has 0 spiro atoms. The predicted molar refractivity (Wildman–Crippen MR) is 68.2 cm³/mol. The minimum atomic E-state index is -0.586. The summed E-state index contributed by atoms with van der Waals surface area (Å²) in [7, 11) is 0. The fourth-order valence-electron chi connectivity index (χ4n) is 2.30. The lowest BCUT2D eigenvalue weighted by Crippen LogP contribution is -2.49. The first-order valence-electron chi connectivity index (χ1n) is 6.73. The van der Waals surface area contributed by atoms with Crippen LogP contribution in [0.1, 0.15) is 59.3 Å². The topological polar surface area (TPSA) is 52.9 Å². The van der Waals surface area contributed by atoms with Gasteiger partial charge in [-0.1, -0.05) is 27.2 Å². The number of nitrogens with zero attached hydrogens (tertiary/aromatic N) is 1. The predicted octanol–water partition coefficient (Wildman–Crippen LogP) is 3.01. The van der Waals surface area contributed by atoms with Crippen molar-refractivity contribution in [3.05, 3.63) is 0 Å². The van der Waals surface area contributed by atoms with Gasteiger partial charge < -0.3 is 5.32 Å². The van der Waals surface area contributed by atoms with E-state index in [2.05, 4.69) is 32.2 Å². The Labute approximate surface area is 105 Å². The highest BCUT2D eigenvalue weighted by atomic mass is 16.1. The van der Waals surface area contributed by atoms with Gasteiger partial charge in [-0.15, -0.1) is 0 Å².